The number of hydrogen-bond donors (Lipinski definition) is 0. The lowest BCUT2D eigenvalue weighted by Gasteiger charge is -2.04. The highest BCUT2D eigenvalue weighted by Gasteiger charge is 2.11. The molecular formula is C16H16N2O2. The van der Waals surface area contributed by atoms with Crippen LogP contribution in [0.25, 0.3) is 16.9 Å². The molecule has 20 heavy (non-hydrogen) atoms. The standard InChI is InChI=1S/C16H16N2O2/c1-3-20-15-9-6-10-18-11-13(17-16(15)18)12-7-4-5-8-14(12)19-2/h4-11H,3H2,1-2H3. The first-order chi connectivity index (χ1) is 9.83. The second-order valence-electron chi connectivity index (χ2n) is 4.36. The molecule has 0 fully saturated rings. The number of benzene rings is 1. The highest BCUT2D eigenvalue weighted by Crippen LogP contribution is 2.30. The first-order valence-corrected chi connectivity index (χ1v) is 6.57. The summed E-state index contributed by atoms with van der Waals surface area (Å²) in [6.07, 6.45) is 3.94. The summed E-state index contributed by atoms with van der Waals surface area (Å²) in [6, 6.07) is 11.7. The van der Waals surface area contributed by atoms with Gasteiger partial charge in [0.2, 0.25) is 0 Å². The zero-order valence-corrected chi connectivity index (χ0v) is 11.5. The molecule has 102 valence electrons. The number of imidazole rings is 1. The van der Waals surface area contributed by atoms with Gasteiger partial charge in [0.15, 0.2) is 11.4 Å². The molecule has 1 aromatic carbocycles. The number of methoxy groups -OCH3 is 1. The second kappa shape index (κ2) is 5.25. The van der Waals surface area contributed by atoms with E-state index in [1.54, 1.807) is 7.11 Å². The zero-order valence-electron chi connectivity index (χ0n) is 11.5. The van der Waals surface area contributed by atoms with Crippen LogP contribution in [-0.4, -0.2) is 23.1 Å². The van der Waals surface area contributed by atoms with Gasteiger partial charge in [0.05, 0.1) is 19.4 Å². The zero-order chi connectivity index (χ0) is 13.9. The molecule has 3 rings (SSSR count). The molecule has 0 saturated carbocycles. The smallest absolute Gasteiger partial charge is 0.180 e. The second-order valence-corrected chi connectivity index (χ2v) is 4.36. The van der Waals surface area contributed by atoms with Gasteiger partial charge in [-0.3, -0.25) is 0 Å². The Kier molecular flexibility index (Phi) is 3.29. The van der Waals surface area contributed by atoms with Gasteiger partial charge in [-0.05, 0) is 31.2 Å². The molecule has 0 bridgehead atoms. The Morgan fingerprint density at radius 2 is 1.90 bits per heavy atom. The summed E-state index contributed by atoms with van der Waals surface area (Å²) in [5, 5.41) is 0. The fourth-order valence-corrected chi connectivity index (χ4v) is 2.24. The van der Waals surface area contributed by atoms with Crippen LogP contribution in [0.2, 0.25) is 0 Å². The minimum absolute atomic E-state index is 0.622. The lowest BCUT2D eigenvalue weighted by Crippen LogP contribution is -1.94. The van der Waals surface area contributed by atoms with Crippen molar-refractivity contribution in [3.63, 3.8) is 0 Å². The van der Waals surface area contributed by atoms with Crippen LogP contribution >= 0.6 is 0 Å². The molecule has 0 radical (unpaired) electrons. The van der Waals surface area contributed by atoms with Crippen LogP contribution < -0.4 is 9.47 Å². The Labute approximate surface area is 117 Å². The lowest BCUT2D eigenvalue weighted by molar-refractivity contribution is 0.342. The van der Waals surface area contributed by atoms with Crippen molar-refractivity contribution in [3.8, 4) is 22.8 Å². The maximum atomic E-state index is 5.61. The third kappa shape index (κ3) is 2.09. The summed E-state index contributed by atoms with van der Waals surface area (Å²) in [4.78, 5) is 4.67. The van der Waals surface area contributed by atoms with Gasteiger partial charge < -0.3 is 13.9 Å². The Balaban J connectivity index is 2.15. The van der Waals surface area contributed by atoms with Gasteiger partial charge in [-0.15, -0.1) is 0 Å². The van der Waals surface area contributed by atoms with Crippen molar-refractivity contribution in [1.82, 2.24) is 9.38 Å². The Bertz CT molecular complexity index is 734. The predicted octanol–water partition coefficient (Wildman–Crippen LogP) is 3.41. The molecule has 0 spiro atoms. The maximum absolute atomic E-state index is 5.61. The molecule has 0 saturated heterocycles. The van der Waals surface area contributed by atoms with Crippen LogP contribution in [0.4, 0.5) is 0 Å². The van der Waals surface area contributed by atoms with E-state index in [-0.39, 0.29) is 0 Å². The highest BCUT2D eigenvalue weighted by molar-refractivity contribution is 5.70. The quantitative estimate of drug-likeness (QED) is 0.727. The Morgan fingerprint density at radius 3 is 2.70 bits per heavy atom. The number of hydrogen-bond acceptors (Lipinski definition) is 3. The van der Waals surface area contributed by atoms with Gasteiger partial charge in [0.1, 0.15) is 5.75 Å². The average molecular weight is 268 g/mol. The van der Waals surface area contributed by atoms with Gasteiger partial charge in [0.25, 0.3) is 0 Å². The summed E-state index contributed by atoms with van der Waals surface area (Å²) in [7, 11) is 1.67. The van der Waals surface area contributed by atoms with Crippen molar-refractivity contribution >= 4 is 5.65 Å². The molecule has 0 unspecified atom stereocenters. The van der Waals surface area contributed by atoms with E-state index in [4.69, 9.17) is 9.47 Å². The predicted molar refractivity (Wildman–Crippen MR) is 78.3 cm³/mol. The third-order valence-corrected chi connectivity index (χ3v) is 3.13. The number of nitrogens with zero attached hydrogens (tertiary/aromatic N) is 2. The van der Waals surface area contributed by atoms with Crippen molar-refractivity contribution in [2.45, 2.75) is 6.92 Å². The van der Waals surface area contributed by atoms with Gasteiger partial charge in [-0.25, -0.2) is 4.98 Å². The van der Waals surface area contributed by atoms with E-state index in [1.807, 2.05) is 60.1 Å². The van der Waals surface area contributed by atoms with Gasteiger partial charge in [-0.2, -0.15) is 0 Å². The van der Waals surface area contributed by atoms with Crippen molar-refractivity contribution in [2.75, 3.05) is 13.7 Å². The van der Waals surface area contributed by atoms with Crippen LogP contribution in [0.15, 0.2) is 48.8 Å². The largest absolute Gasteiger partial charge is 0.496 e. The Hall–Kier alpha value is -2.49. The van der Waals surface area contributed by atoms with E-state index >= 15 is 0 Å². The molecule has 0 N–H and O–H groups in total. The first kappa shape index (κ1) is 12.5. The number of ether oxygens (including phenoxy) is 2. The third-order valence-electron chi connectivity index (χ3n) is 3.13. The maximum Gasteiger partial charge on any atom is 0.180 e. The van der Waals surface area contributed by atoms with Crippen molar-refractivity contribution in [1.29, 1.82) is 0 Å². The van der Waals surface area contributed by atoms with E-state index in [1.165, 1.54) is 0 Å². The number of pyridine rings is 1. The molecule has 2 aromatic heterocycles. The van der Waals surface area contributed by atoms with Crippen LogP contribution in [0.5, 0.6) is 11.5 Å². The van der Waals surface area contributed by atoms with E-state index in [0.717, 1.165) is 28.4 Å². The molecule has 2 heterocycles. The molecule has 0 aliphatic rings. The topological polar surface area (TPSA) is 35.8 Å². The molecular weight excluding hydrogens is 252 g/mol. The molecule has 0 aliphatic carbocycles. The van der Waals surface area contributed by atoms with Crippen molar-refractivity contribution in [3.05, 3.63) is 48.8 Å². The molecule has 0 aliphatic heterocycles. The van der Waals surface area contributed by atoms with Crippen molar-refractivity contribution in [2.24, 2.45) is 0 Å². The summed E-state index contributed by atoms with van der Waals surface area (Å²) < 4.78 is 13.0. The van der Waals surface area contributed by atoms with Gasteiger partial charge >= 0.3 is 0 Å². The normalized spacial score (nSPS) is 10.7. The molecule has 0 atom stereocenters. The minimum atomic E-state index is 0.622. The molecule has 3 aromatic rings. The fourth-order valence-electron chi connectivity index (χ4n) is 2.24. The van der Waals surface area contributed by atoms with Crippen LogP contribution in [-0.2, 0) is 0 Å². The average Bonchev–Trinajstić information content (AvgIpc) is 2.92. The first-order valence-electron chi connectivity index (χ1n) is 6.57. The van der Waals surface area contributed by atoms with Gasteiger partial charge in [-0.1, -0.05) is 12.1 Å². The van der Waals surface area contributed by atoms with Crippen LogP contribution in [0.1, 0.15) is 6.92 Å². The molecule has 4 nitrogen and oxygen atoms in total. The lowest BCUT2D eigenvalue weighted by atomic mass is 10.1. The number of fused-ring (bicyclic) bond motifs is 1. The highest BCUT2D eigenvalue weighted by atomic mass is 16.5. The summed E-state index contributed by atoms with van der Waals surface area (Å²) in [5.41, 5.74) is 2.66. The van der Waals surface area contributed by atoms with E-state index < -0.39 is 0 Å². The number of para-hydroxylation sites is 1. The minimum Gasteiger partial charge on any atom is -0.496 e. The molecule has 0 amide bonds. The van der Waals surface area contributed by atoms with E-state index in [0.29, 0.717) is 6.61 Å². The molecule has 4 heteroatoms. The fraction of sp³-hybridized carbons (Fsp3) is 0.188. The number of rotatable bonds is 4. The van der Waals surface area contributed by atoms with Gasteiger partial charge in [0, 0.05) is 18.0 Å². The Morgan fingerprint density at radius 1 is 1.10 bits per heavy atom. The monoisotopic (exact) mass is 268 g/mol. The van der Waals surface area contributed by atoms with E-state index in [9.17, 15) is 0 Å². The number of aromatic nitrogens is 2. The summed E-state index contributed by atoms with van der Waals surface area (Å²) >= 11 is 0. The summed E-state index contributed by atoms with van der Waals surface area (Å²) in [6.45, 7) is 2.59. The summed E-state index contributed by atoms with van der Waals surface area (Å²) in [5.74, 6) is 1.60. The van der Waals surface area contributed by atoms with Crippen LogP contribution in [0, 0.1) is 0 Å². The van der Waals surface area contributed by atoms with Crippen molar-refractivity contribution < 1.29 is 9.47 Å². The van der Waals surface area contributed by atoms with Crippen LogP contribution in [0.3, 0.4) is 0 Å². The SMILES string of the molecule is CCOc1cccn2cc(-c3ccccc3OC)nc12. The van der Waals surface area contributed by atoms with E-state index in [2.05, 4.69) is 4.98 Å².